The SMILES string of the molecule is CC(C)c1cccc(C(C)C)c1NC(=O)C1c2ccccc2COc2c1cc(Br)cc2N(C)C. The summed E-state index contributed by atoms with van der Waals surface area (Å²) in [4.78, 5) is 16.2. The summed E-state index contributed by atoms with van der Waals surface area (Å²) >= 11 is 3.67. The molecule has 0 radical (unpaired) electrons. The summed E-state index contributed by atoms with van der Waals surface area (Å²) in [5.74, 6) is 0.800. The topological polar surface area (TPSA) is 41.6 Å². The number of halogens is 1. The Hall–Kier alpha value is -2.79. The van der Waals surface area contributed by atoms with E-state index in [4.69, 9.17) is 4.74 Å². The molecule has 0 aromatic heterocycles. The summed E-state index contributed by atoms with van der Waals surface area (Å²) in [6, 6.07) is 18.5. The number of nitrogens with one attached hydrogen (secondary N) is 1. The minimum atomic E-state index is -0.495. The minimum Gasteiger partial charge on any atom is -0.486 e. The first kappa shape index (κ1) is 24.3. The second-order valence-electron chi connectivity index (χ2n) is 9.77. The number of ether oxygens (including phenoxy) is 1. The second-order valence-corrected chi connectivity index (χ2v) is 10.7. The van der Waals surface area contributed by atoms with Gasteiger partial charge in [-0.25, -0.2) is 0 Å². The molecular formula is C29H33BrN2O2. The molecule has 0 aliphatic carbocycles. The van der Waals surface area contributed by atoms with Gasteiger partial charge in [0.05, 0.1) is 11.6 Å². The standard InChI is InChI=1S/C29H33BrN2O2/c1-17(2)21-12-9-13-22(18(3)4)27(21)31-29(33)26-23-11-8-7-10-19(23)16-34-28-24(26)14-20(30)15-25(28)32(5)6/h7-15,17-18,26H,16H2,1-6H3,(H,31,33). The Morgan fingerprint density at radius 2 is 1.62 bits per heavy atom. The maximum atomic E-state index is 14.2. The van der Waals surface area contributed by atoms with E-state index in [1.54, 1.807) is 0 Å². The average molecular weight is 521 g/mol. The lowest BCUT2D eigenvalue weighted by Gasteiger charge is -2.25. The van der Waals surface area contributed by atoms with Crippen molar-refractivity contribution < 1.29 is 9.53 Å². The van der Waals surface area contributed by atoms with Crippen LogP contribution in [0.25, 0.3) is 0 Å². The largest absolute Gasteiger partial charge is 0.486 e. The van der Waals surface area contributed by atoms with Crippen LogP contribution in [0, 0.1) is 0 Å². The van der Waals surface area contributed by atoms with Crippen molar-refractivity contribution in [2.75, 3.05) is 24.3 Å². The van der Waals surface area contributed by atoms with Crippen LogP contribution in [0.15, 0.2) is 59.1 Å². The van der Waals surface area contributed by atoms with Crippen LogP contribution in [0.4, 0.5) is 11.4 Å². The van der Waals surface area contributed by atoms with E-state index in [0.29, 0.717) is 18.4 Å². The molecule has 0 spiro atoms. The molecule has 5 heteroatoms. The molecule has 1 unspecified atom stereocenters. The number of benzene rings is 3. The number of nitrogens with zero attached hydrogens (tertiary/aromatic N) is 1. The van der Waals surface area contributed by atoms with Gasteiger partial charge in [0.2, 0.25) is 5.91 Å². The Labute approximate surface area is 211 Å². The van der Waals surface area contributed by atoms with E-state index in [2.05, 4.69) is 67.1 Å². The summed E-state index contributed by atoms with van der Waals surface area (Å²) in [5.41, 5.74) is 7.07. The Balaban J connectivity index is 1.90. The number of hydrogen-bond donors (Lipinski definition) is 1. The lowest BCUT2D eigenvalue weighted by molar-refractivity contribution is -0.116. The van der Waals surface area contributed by atoms with Gasteiger partial charge in [-0.1, -0.05) is 86.1 Å². The summed E-state index contributed by atoms with van der Waals surface area (Å²) in [6.07, 6.45) is 0. The van der Waals surface area contributed by atoms with Gasteiger partial charge < -0.3 is 15.0 Å². The van der Waals surface area contributed by atoms with Crippen molar-refractivity contribution >= 4 is 33.2 Å². The number of anilines is 2. The number of carbonyl (C=O) groups excluding carboxylic acids is 1. The highest BCUT2D eigenvalue weighted by atomic mass is 79.9. The zero-order valence-electron chi connectivity index (χ0n) is 20.8. The highest BCUT2D eigenvalue weighted by Crippen LogP contribution is 2.45. The van der Waals surface area contributed by atoms with Crippen molar-refractivity contribution in [3.05, 3.63) is 86.9 Å². The molecule has 3 aromatic rings. The first-order valence-corrected chi connectivity index (χ1v) is 12.6. The second kappa shape index (κ2) is 9.83. The number of fused-ring (bicyclic) bond motifs is 2. The third-order valence-electron chi connectivity index (χ3n) is 6.48. The molecule has 1 aliphatic heterocycles. The summed E-state index contributed by atoms with van der Waals surface area (Å²) in [5, 5.41) is 3.37. The summed E-state index contributed by atoms with van der Waals surface area (Å²) in [7, 11) is 3.98. The number of rotatable bonds is 5. The number of hydrogen-bond acceptors (Lipinski definition) is 3. The average Bonchev–Trinajstić information content (AvgIpc) is 2.94. The fraction of sp³-hybridized carbons (Fsp3) is 0.345. The number of carbonyl (C=O) groups is 1. The van der Waals surface area contributed by atoms with E-state index in [0.717, 1.165) is 49.4 Å². The van der Waals surface area contributed by atoms with Gasteiger partial charge in [0.25, 0.3) is 0 Å². The van der Waals surface area contributed by atoms with Gasteiger partial charge in [-0.3, -0.25) is 4.79 Å². The zero-order valence-corrected chi connectivity index (χ0v) is 22.4. The molecule has 1 amide bonds. The van der Waals surface area contributed by atoms with Crippen LogP contribution < -0.4 is 15.0 Å². The van der Waals surface area contributed by atoms with Crippen molar-refractivity contribution in [1.82, 2.24) is 0 Å². The first-order valence-electron chi connectivity index (χ1n) is 11.8. The van der Waals surface area contributed by atoms with Crippen molar-refractivity contribution in [2.24, 2.45) is 0 Å². The Morgan fingerprint density at radius 1 is 0.971 bits per heavy atom. The molecule has 1 atom stereocenters. The van der Waals surface area contributed by atoms with Gasteiger partial charge >= 0.3 is 0 Å². The maximum absolute atomic E-state index is 14.2. The van der Waals surface area contributed by atoms with E-state index in [9.17, 15) is 4.79 Å². The molecule has 34 heavy (non-hydrogen) atoms. The Kier molecular flexibility index (Phi) is 7.04. The molecule has 0 saturated heterocycles. The van der Waals surface area contributed by atoms with Crippen LogP contribution in [-0.4, -0.2) is 20.0 Å². The number of para-hydroxylation sites is 1. The third kappa shape index (κ3) is 4.58. The van der Waals surface area contributed by atoms with Gasteiger partial charge in [0, 0.05) is 29.8 Å². The van der Waals surface area contributed by atoms with Crippen molar-refractivity contribution in [3.8, 4) is 5.75 Å². The molecule has 1 heterocycles. The van der Waals surface area contributed by atoms with Crippen LogP contribution >= 0.6 is 15.9 Å². The van der Waals surface area contributed by atoms with Gasteiger partial charge in [-0.2, -0.15) is 0 Å². The molecule has 0 fully saturated rings. The smallest absolute Gasteiger partial charge is 0.236 e. The molecular weight excluding hydrogens is 488 g/mol. The van der Waals surface area contributed by atoms with E-state index >= 15 is 0 Å². The van der Waals surface area contributed by atoms with Gasteiger partial charge in [-0.15, -0.1) is 0 Å². The fourth-order valence-electron chi connectivity index (χ4n) is 4.74. The van der Waals surface area contributed by atoms with Crippen molar-refractivity contribution in [1.29, 1.82) is 0 Å². The van der Waals surface area contributed by atoms with E-state index in [-0.39, 0.29) is 5.91 Å². The van der Waals surface area contributed by atoms with Crippen LogP contribution in [0.1, 0.15) is 73.3 Å². The molecule has 1 N–H and O–H groups in total. The van der Waals surface area contributed by atoms with Gasteiger partial charge in [0.1, 0.15) is 12.4 Å². The molecule has 178 valence electrons. The molecule has 0 bridgehead atoms. The lowest BCUT2D eigenvalue weighted by Crippen LogP contribution is -2.24. The summed E-state index contributed by atoms with van der Waals surface area (Å²) < 4.78 is 7.25. The predicted octanol–water partition coefficient (Wildman–Crippen LogP) is 7.42. The highest BCUT2D eigenvalue weighted by Gasteiger charge is 2.33. The predicted molar refractivity (Wildman–Crippen MR) is 144 cm³/mol. The molecule has 1 aliphatic rings. The fourth-order valence-corrected chi connectivity index (χ4v) is 5.21. The maximum Gasteiger partial charge on any atom is 0.236 e. The molecule has 4 nitrogen and oxygen atoms in total. The van der Waals surface area contributed by atoms with Crippen LogP contribution in [0.2, 0.25) is 0 Å². The van der Waals surface area contributed by atoms with E-state index in [1.165, 1.54) is 0 Å². The van der Waals surface area contributed by atoms with Crippen LogP contribution in [-0.2, 0) is 11.4 Å². The summed E-state index contributed by atoms with van der Waals surface area (Å²) in [6.45, 7) is 9.09. The Morgan fingerprint density at radius 3 is 2.24 bits per heavy atom. The van der Waals surface area contributed by atoms with Crippen molar-refractivity contribution in [2.45, 2.75) is 52.1 Å². The lowest BCUT2D eigenvalue weighted by atomic mass is 9.86. The minimum absolute atomic E-state index is 0.0444. The third-order valence-corrected chi connectivity index (χ3v) is 6.93. The monoisotopic (exact) mass is 520 g/mol. The van der Waals surface area contributed by atoms with Gasteiger partial charge in [-0.05, 0) is 46.2 Å². The van der Waals surface area contributed by atoms with Crippen molar-refractivity contribution in [3.63, 3.8) is 0 Å². The molecule has 0 saturated carbocycles. The van der Waals surface area contributed by atoms with E-state index in [1.807, 2.05) is 55.4 Å². The van der Waals surface area contributed by atoms with Crippen LogP contribution in [0.5, 0.6) is 5.75 Å². The van der Waals surface area contributed by atoms with E-state index < -0.39 is 5.92 Å². The first-order chi connectivity index (χ1) is 16.2. The Bertz CT molecular complexity index is 1190. The number of amides is 1. The quantitative estimate of drug-likeness (QED) is 0.380. The van der Waals surface area contributed by atoms with Crippen LogP contribution in [0.3, 0.4) is 0 Å². The zero-order chi connectivity index (χ0) is 24.6. The highest BCUT2D eigenvalue weighted by molar-refractivity contribution is 9.10. The molecule has 4 rings (SSSR count). The van der Waals surface area contributed by atoms with Gasteiger partial charge in [0.15, 0.2) is 0 Å². The molecule has 3 aromatic carbocycles. The normalized spacial score (nSPS) is 14.8.